The highest BCUT2D eigenvalue weighted by atomic mass is 16.5. The van der Waals surface area contributed by atoms with E-state index in [-0.39, 0.29) is 24.0 Å². The molecule has 1 atom stereocenters. The molecule has 0 spiro atoms. The standard InChI is InChI=1S/C13H22N2O3.C2H2.H3N/c1-18-9-3-5-12(16)15-8-2-4-11(15)13(17)14-10-6-7-10;1-2;/h10-11H,2-9H2,1H3,(H,14,17);1-2H;1H3/t11-;;/m0../s1. The molecule has 0 aromatic carbocycles. The van der Waals surface area contributed by atoms with Crippen LogP contribution >= 0.6 is 0 Å². The van der Waals surface area contributed by atoms with Crippen molar-refractivity contribution in [3.63, 3.8) is 0 Å². The number of nitrogens with one attached hydrogen (secondary N) is 1. The lowest BCUT2D eigenvalue weighted by Gasteiger charge is -2.24. The Morgan fingerprint density at radius 2 is 1.95 bits per heavy atom. The number of likely N-dealkylation sites (tertiary alicyclic amines) is 1. The van der Waals surface area contributed by atoms with Gasteiger partial charge in [0, 0.05) is 32.7 Å². The third kappa shape index (κ3) is 6.15. The average molecular weight is 297 g/mol. The predicted octanol–water partition coefficient (Wildman–Crippen LogP) is 1.09. The molecule has 2 fully saturated rings. The molecule has 6 heteroatoms. The summed E-state index contributed by atoms with van der Waals surface area (Å²) in [6.07, 6.45) is 13.1. The highest BCUT2D eigenvalue weighted by molar-refractivity contribution is 5.88. The summed E-state index contributed by atoms with van der Waals surface area (Å²) in [5.74, 6) is 0.121. The molecule has 2 rings (SSSR count). The molecule has 1 aliphatic carbocycles. The molecule has 2 aliphatic rings. The first-order chi connectivity index (χ1) is 9.72. The number of carbonyl (C=O) groups is 2. The van der Waals surface area contributed by atoms with Crippen LogP contribution in [0.5, 0.6) is 0 Å². The Morgan fingerprint density at radius 3 is 2.52 bits per heavy atom. The lowest BCUT2D eigenvalue weighted by atomic mass is 10.2. The van der Waals surface area contributed by atoms with Gasteiger partial charge < -0.3 is 21.1 Å². The van der Waals surface area contributed by atoms with Crippen LogP contribution in [0.3, 0.4) is 0 Å². The number of methoxy groups -OCH3 is 1. The molecular formula is C15H27N3O3. The second kappa shape index (κ2) is 10.2. The minimum absolute atomic E-state index is 0. The number of hydrogen-bond acceptors (Lipinski definition) is 4. The molecule has 1 saturated heterocycles. The van der Waals surface area contributed by atoms with E-state index in [1.54, 1.807) is 12.0 Å². The van der Waals surface area contributed by atoms with Crippen molar-refractivity contribution in [2.24, 2.45) is 0 Å². The van der Waals surface area contributed by atoms with Gasteiger partial charge in [-0.2, -0.15) is 0 Å². The molecule has 120 valence electrons. The molecule has 6 nitrogen and oxygen atoms in total. The number of amides is 2. The first-order valence-corrected chi connectivity index (χ1v) is 7.14. The van der Waals surface area contributed by atoms with Crippen LogP contribution in [0.4, 0.5) is 0 Å². The van der Waals surface area contributed by atoms with E-state index >= 15 is 0 Å². The number of ether oxygens (including phenoxy) is 1. The van der Waals surface area contributed by atoms with Crippen molar-refractivity contribution in [3.05, 3.63) is 0 Å². The van der Waals surface area contributed by atoms with Crippen LogP contribution in [0.25, 0.3) is 0 Å². The normalized spacial score (nSPS) is 20.0. The molecule has 0 radical (unpaired) electrons. The van der Waals surface area contributed by atoms with E-state index < -0.39 is 0 Å². The molecule has 1 heterocycles. The first kappa shape index (κ1) is 19.4. The summed E-state index contributed by atoms with van der Waals surface area (Å²) in [7, 11) is 1.63. The molecule has 1 saturated carbocycles. The second-order valence-electron chi connectivity index (χ2n) is 5.12. The third-order valence-electron chi connectivity index (χ3n) is 3.54. The summed E-state index contributed by atoms with van der Waals surface area (Å²) >= 11 is 0. The van der Waals surface area contributed by atoms with Crippen LogP contribution in [-0.2, 0) is 14.3 Å². The van der Waals surface area contributed by atoms with Gasteiger partial charge in [-0.3, -0.25) is 9.59 Å². The number of nitrogens with zero attached hydrogens (tertiary/aromatic N) is 1. The second-order valence-corrected chi connectivity index (χ2v) is 5.12. The fourth-order valence-electron chi connectivity index (χ4n) is 2.37. The van der Waals surface area contributed by atoms with E-state index in [9.17, 15) is 9.59 Å². The zero-order valence-corrected chi connectivity index (χ0v) is 12.8. The van der Waals surface area contributed by atoms with Gasteiger partial charge in [0.25, 0.3) is 0 Å². The van der Waals surface area contributed by atoms with Gasteiger partial charge in [0.1, 0.15) is 6.04 Å². The maximum Gasteiger partial charge on any atom is 0.243 e. The Morgan fingerprint density at radius 1 is 1.29 bits per heavy atom. The largest absolute Gasteiger partial charge is 0.385 e. The van der Waals surface area contributed by atoms with Crippen molar-refractivity contribution in [3.8, 4) is 12.8 Å². The number of hydrogen-bond donors (Lipinski definition) is 2. The highest BCUT2D eigenvalue weighted by Gasteiger charge is 2.35. The van der Waals surface area contributed by atoms with Crippen molar-refractivity contribution >= 4 is 11.8 Å². The fraction of sp³-hybridized carbons (Fsp3) is 0.733. The van der Waals surface area contributed by atoms with Crippen molar-refractivity contribution < 1.29 is 14.3 Å². The zero-order valence-electron chi connectivity index (χ0n) is 12.8. The number of terminal acetylenes is 1. The van der Waals surface area contributed by atoms with Gasteiger partial charge >= 0.3 is 0 Å². The maximum atomic E-state index is 12.0. The van der Waals surface area contributed by atoms with Crippen LogP contribution < -0.4 is 11.5 Å². The Balaban J connectivity index is 0.00000128. The first-order valence-electron chi connectivity index (χ1n) is 7.14. The van der Waals surface area contributed by atoms with E-state index in [0.29, 0.717) is 25.6 Å². The van der Waals surface area contributed by atoms with Crippen LogP contribution in [0.2, 0.25) is 0 Å². The minimum Gasteiger partial charge on any atom is -0.385 e. The lowest BCUT2D eigenvalue weighted by Crippen LogP contribution is -2.46. The van der Waals surface area contributed by atoms with E-state index in [1.807, 2.05) is 0 Å². The Hall–Kier alpha value is -1.58. The van der Waals surface area contributed by atoms with Crippen LogP contribution in [-0.4, -0.2) is 49.1 Å². The summed E-state index contributed by atoms with van der Waals surface area (Å²) < 4.78 is 4.94. The van der Waals surface area contributed by atoms with Gasteiger partial charge in [-0.05, 0) is 32.1 Å². The summed E-state index contributed by atoms with van der Waals surface area (Å²) in [6, 6.07) is 0.129. The zero-order chi connectivity index (χ0) is 15.0. The number of carbonyl (C=O) groups excluding carboxylic acids is 2. The van der Waals surface area contributed by atoms with Crippen molar-refractivity contribution in [2.75, 3.05) is 20.3 Å². The van der Waals surface area contributed by atoms with Gasteiger partial charge in [-0.1, -0.05) is 0 Å². The molecule has 0 aromatic rings. The topological polar surface area (TPSA) is 93.6 Å². The van der Waals surface area contributed by atoms with Gasteiger partial charge in [0.15, 0.2) is 0 Å². The summed E-state index contributed by atoms with van der Waals surface area (Å²) in [4.78, 5) is 25.8. The molecule has 4 N–H and O–H groups in total. The molecular weight excluding hydrogens is 270 g/mol. The average Bonchev–Trinajstić information content (AvgIpc) is 3.13. The Labute approximate surface area is 127 Å². The SMILES string of the molecule is C#C.COCCCC(=O)N1CCC[C@H]1C(=O)NC1CC1.N. The van der Waals surface area contributed by atoms with E-state index in [4.69, 9.17) is 4.74 Å². The fourth-order valence-corrected chi connectivity index (χ4v) is 2.37. The monoisotopic (exact) mass is 297 g/mol. The van der Waals surface area contributed by atoms with Crippen molar-refractivity contribution in [2.45, 2.75) is 50.6 Å². The van der Waals surface area contributed by atoms with Gasteiger partial charge in [-0.25, -0.2) is 0 Å². The third-order valence-corrected chi connectivity index (χ3v) is 3.54. The minimum atomic E-state index is -0.236. The van der Waals surface area contributed by atoms with Crippen molar-refractivity contribution in [1.29, 1.82) is 0 Å². The smallest absolute Gasteiger partial charge is 0.243 e. The Kier molecular flexibility index (Phi) is 9.42. The summed E-state index contributed by atoms with van der Waals surface area (Å²) in [5.41, 5.74) is 0. The molecule has 1 aliphatic heterocycles. The maximum absolute atomic E-state index is 12.0. The van der Waals surface area contributed by atoms with Crippen LogP contribution in [0, 0.1) is 12.8 Å². The predicted molar refractivity (Wildman–Crippen MR) is 81.9 cm³/mol. The summed E-state index contributed by atoms with van der Waals surface area (Å²) in [6.45, 7) is 1.31. The van der Waals surface area contributed by atoms with Gasteiger partial charge in [0.2, 0.25) is 11.8 Å². The lowest BCUT2D eigenvalue weighted by molar-refractivity contribution is -0.138. The molecule has 0 bridgehead atoms. The van der Waals surface area contributed by atoms with E-state index in [0.717, 1.165) is 32.1 Å². The van der Waals surface area contributed by atoms with Gasteiger partial charge in [0.05, 0.1) is 0 Å². The van der Waals surface area contributed by atoms with Crippen LogP contribution in [0.15, 0.2) is 0 Å². The van der Waals surface area contributed by atoms with Gasteiger partial charge in [-0.15, -0.1) is 12.8 Å². The summed E-state index contributed by atoms with van der Waals surface area (Å²) in [5, 5.41) is 2.99. The Bertz CT molecular complexity index is 353. The van der Waals surface area contributed by atoms with E-state index in [1.165, 1.54) is 0 Å². The number of rotatable bonds is 6. The van der Waals surface area contributed by atoms with E-state index in [2.05, 4.69) is 18.2 Å². The highest BCUT2D eigenvalue weighted by Crippen LogP contribution is 2.23. The van der Waals surface area contributed by atoms with Crippen molar-refractivity contribution in [1.82, 2.24) is 16.4 Å². The molecule has 0 aromatic heterocycles. The molecule has 21 heavy (non-hydrogen) atoms. The molecule has 0 unspecified atom stereocenters. The quantitative estimate of drug-likeness (QED) is 0.567. The van der Waals surface area contributed by atoms with Crippen LogP contribution in [0.1, 0.15) is 38.5 Å². The molecule has 2 amide bonds.